The molecule has 250 valence electrons. The average Bonchev–Trinajstić information content (AvgIpc) is 3.74. The van der Waals surface area contributed by atoms with Gasteiger partial charge in [0.1, 0.15) is 0 Å². The molecule has 47 heavy (non-hydrogen) atoms. The molecular weight excluding hydrogens is 666 g/mol. The van der Waals surface area contributed by atoms with E-state index in [4.69, 9.17) is 17.3 Å². The van der Waals surface area contributed by atoms with E-state index in [2.05, 4.69) is 4.98 Å². The lowest BCUT2D eigenvalue weighted by molar-refractivity contribution is -0.145. The number of aromatic nitrogens is 1. The van der Waals surface area contributed by atoms with Gasteiger partial charge in [-0.05, 0) is 79.8 Å². The van der Waals surface area contributed by atoms with Gasteiger partial charge in [-0.3, -0.25) is 28.9 Å². The molecule has 3 N–H and O–H groups in total. The van der Waals surface area contributed by atoms with Crippen LogP contribution in [-0.4, -0.2) is 77.3 Å². The highest BCUT2D eigenvalue weighted by Crippen LogP contribution is 2.29. The molecular formula is C32H36ClN5O7S2. The van der Waals surface area contributed by atoms with Crippen LogP contribution < -0.4 is 10.5 Å². The van der Waals surface area contributed by atoms with E-state index in [0.29, 0.717) is 34.3 Å². The van der Waals surface area contributed by atoms with Gasteiger partial charge in [0.05, 0.1) is 23.0 Å². The van der Waals surface area contributed by atoms with Crippen molar-refractivity contribution in [2.24, 2.45) is 17.6 Å². The Morgan fingerprint density at radius 2 is 1.60 bits per heavy atom. The number of imide groups is 3. The molecule has 3 aromatic rings. The van der Waals surface area contributed by atoms with Crippen molar-refractivity contribution in [3.63, 3.8) is 0 Å². The average molecular weight is 702 g/mol. The number of thiazole rings is 1. The number of carbonyl (C=O) groups excluding carboxylic acids is 5. The number of Topliss-reactive ketones (excluding diaryl/α,β-unsaturated/α-hetero) is 1. The summed E-state index contributed by atoms with van der Waals surface area (Å²) in [5, 5.41) is 2.31. The van der Waals surface area contributed by atoms with Crippen LogP contribution in [0.15, 0.2) is 65.0 Å². The Bertz CT molecular complexity index is 1740. The van der Waals surface area contributed by atoms with Crippen LogP contribution in [0.2, 0.25) is 5.02 Å². The first-order valence-electron chi connectivity index (χ1n) is 14.9. The lowest BCUT2D eigenvalue weighted by Crippen LogP contribution is -2.58. The van der Waals surface area contributed by atoms with Crippen LogP contribution in [0.4, 0.5) is 0 Å². The first-order valence-corrected chi connectivity index (χ1v) is 17.7. The van der Waals surface area contributed by atoms with Crippen molar-refractivity contribution in [3.05, 3.63) is 81.3 Å². The van der Waals surface area contributed by atoms with Gasteiger partial charge in [0, 0.05) is 27.7 Å². The number of hydrogen-bond acceptors (Lipinski definition) is 11. The Morgan fingerprint density at radius 3 is 2.15 bits per heavy atom. The number of halogens is 1. The third-order valence-electron chi connectivity index (χ3n) is 7.87. The molecule has 15 heteroatoms. The van der Waals surface area contributed by atoms with Crippen molar-refractivity contribution in [2.45, 2.75) is 63.6 Å². The van der Waals surface area contributed by atoms with E-state index in [0.717, 1.165) is 0 Å². The van der Waals surface area contributed by atoms with Gasteiger partial charge in [-0.1, -0.05) is 39.3 Å². The van der Waals surface area contributed by atoms with Gasteiger partial charge in [0.15, 0.2) is 5.01 Å². The Kier molecular flexibility index (Phi) is 11.5. The van der Waals surface area contributed by atoms with E-state index in [-0.39, 0.29) is 27.7 Å². The number of sulfonamides is 1. The number of likely N-dealkylation sites (tertiary alicyclic amines) is 1. The first-order chi connectivity index (χ1) is 22.1. The van der Waals surface area contributed by atoms with Crippen LogP contribution in [0.1, 0.15) is 71.1 Å². The van der Waals surface area contributed by atoms with Crippen molar-refractivity contribution in [3.8, 4) is 0 Å². The zero-order valence-corrected chi connectivity index (χ0v) is 28.6. The van der Waals surface area contributed by atoms with Gasteiger partial charge < -0.3 is 5.73 Å². The predicted octanol–water partition coefficient (Wildman–Crippen LogP) is 3.77. The summed E-state index contributed by atoms with van der Waals surface area (Å²) in [5.74, 6) is -4.49. The zero-order chi connectivity index (χ0) is 34.6. The maximum Gasteiger partial charge on any atom is 0.267 e. The van der Waals surface area contributed by atoms with Crippen LogP contribution in [0.3, 0.4) is 0 Å². The summed E-state index contributed by atoms with van der Waals surface area (Å²) in [6.07, 6.45) is 2.39. The molecule has 1 aromatic heterocycles. The second-order valence-electron chi connectivity index (χ2n) is 11.8. The van der Waals surface area contributed by atoms with Crippen LogP contribution in [0.5, 0.6) is 0 Å². The molecule has 2 aromatic carbocycles. The van der Waals surface area contributed by atoms with E-state index in [9.17, 15) is 32.4 Å². The van der Waals surface area contributed by atoms with Crippen molar-refractivity contribution < 1.29 is 32.4 Å². The molecule has 2 heterocycles. The lowest BCUT2D eigenvalue weighted by Gasteiger charge is -2.35. The number of nitrogens with zero attached hydrogens (tertiary/aromatic N) is 3. The standard InChI is InChI=1S/C32H36ClN5O7S2/c1-18(2)25(34)32(43)38(31(42)24-6-5-16-37(24)26(19(3)4)27(39)29-35-15-17-46-29)30(41)21-9-7-20(8-10-21)28(40)36-47(44,45)23-13-11-22(33)12-14-23/h7-15,17-19,24-26H,5-6,16,34H2,1-4H3,(H,36,40)/t24-,25-,26-/m0/s1. The van der Waals surface area contributed by atoms with Gasteiger partial charge >= 0.3 is 0 Å². The summed E-state index contributed by atoms with van der Waals surface area (Å²) in [6.45, 7) is 7.48. The largest absolute Gasteiger partial charge is 0.320 e. The highest BCUT2D eigenvalue weighted by atomic mass is 35.5. The summed E-state index contributed by atoms with van der Waals surface area (Å²) in [6, 6.07) is 7.22. The fourth-order valence-corrected chi connectivity index (χ4v) is 7.04. The summed E-state index contributed by atoms with van der Waals surface area (Å²) in [7, 11) is -4.22. The van der Waals surface area contributed by atoms with Gasteiger partial charge in [0.25, 0.3) is 33.7 Å². The third kappa shape index (κ3) is 8.01. The number of hydrogen-bond donors (Lipinski definition) is 2. The summed E-state index contributed by atoms with van der Waals surface area (Å²) in [4.78, 5) is 74.2. The molecule has 4 rings (SSSR count). The van der Waals surface area contributed by atoms with Crippen molar-refractivity contribution in [1.82, 2.24) is 19.5 Å². The van der Waals surface area contributed by atoms with Crippen LogP contribution in [-0.2, 0) is 19.6 Å². The first kappa shape index (κ1) is 36.0. The summed E-state index contributed by atoms with van der Waals surface area (Å²) >= 11 is 7.02. The number of amides is 4. The molecule has 0 unspecified atom stereocenters. The van der Waals surface area contributed by atoms with Crippen molar-refractivity contribution in [1.29, 1.82) is 0 Å². The topological polar surface area (TPSA) is 177 Å². The zero-order valence-electron chi connectivity index (χ0n) is 26.3. The SMILES string of the molecule is CC(C)[C@H](N)C(=O)N(C(=O)c1ccc(C(=O)NS(=O)(=O)c2ccc(Cl)cc2)cc1)C(=O)[C@@H]1CCCN1[C@H](C(=O)c1nccs1)C(C)C. The quantitative estimate of drug-likeness (QED) is 0.221. The highest BCUT2D eigenvalue weighted by molar-refractivity contribution is 7.90. The smallest absolute Gasteiger partial charge is 0.267 e. The second-order valence-corrected chi connectivity index (χ2v) is 14.9. The molecule has 1 fully saturated rings. The second kappa shape index (κ2) is 14.9. The van der Waals surface area contributed by atoms with Crippen molar-refractivity contribution in [2.75, 3.05) is 6.54 Å². The minimum absolute atomic E-state index is 0.0929. The molecule has 0 aliphatic carbocycles. The highest BCUT2D eigenvalue weighted by Gasteiger charge is 2.45. The minimum atomic E-state index is -4.22. The monoisotopic (exact) mass is 701 g/mol. The maximum absolute atomic E-state index is 14.2. The Balaban J connectivity index is 1.61. The normalized spacial score (nSPS) is 16.6. The fraction of sp³-hybridized carbons (Fsp3) is 0.375. The van der Waals surface area contributed by atoms with E-state index in [1.807, 2.05) is 18.6 Å². The lowest BCUT2D eigenvalue weighted by atomic mass is 9.96. The van der Waals surface area contributed by atoms with E-state index in [1.165, 1.54) is 66.1 Å². The fourth-order valence-electron chi connectivity index (χ4n) is 5.33. The third-order valence-corrected chi connectivity index (χ3v) is 10.3. The molecule has 0 spiro atoms. The minimum Gasteiger partial charge on any atom is -0.320 e. The molecule has 3 atom stereocenters. The Hall–Kier alpha value is -3.82. The predicted molar refractivity (Wildman–Crippen MR) is 176 cm³/mol. The summed E-state index contributed by atoms with van der Waals surface area (Å²) < 4.78 is 27.3. The van der Waals surface area contributed by atoms with E-state index >= 15 is 0 Å². The molecule has 12 nitrogen and oxygen atoms in total. The molecule has 1 aliphatic heterocycles. The number of benzene rings is 2. The van der Waals surface area contributed by atoms with E-state index in [1.54, 1.807) is 24.1 Å². The van der Waals surface area contributed by atoms with Crippen LogP contribution in [0.25, 0.3) is 0 Å². The van der Waals surface area contributed by atoms with Gasteiger partial charge in [0.2, 0.25) is 5.78 Å². The van der Waals surface area contributed by atoms with Gasteiger partial charge in [-0.15, -0.1) is 11.3 Å². The number of nitrogens with two attached hydrogens (primary N) is 1. The molecule has 4 amide bonds. The van der Waals surface area contributed by atoms with E-state index < -0.39 is 57.7 Å². The number of nitrogens with one attached hydrogen (secondary N) is 1. The number of rotatable bonds is 11. The van der Waals surface area contributed by atoms with Crippen molar-refractivity contribution >= 4 is 62.4 Å². The van der Waals surface area contributed by atoms with Crippen LogP contribution >= 0.6 is 22.9 Å². The van der Waals surface area contributed by atoms with Gasteiger partial charge in [-0.2, -0.15) is 0 Å². The number of carbonyl (C=O) groups is 5. The van der Waals surface area contributed by atoms with Gasteiger partial charge in [-0.25, -0.2) is 23.0 Å². The molecule has 0 bridgehead atoms. The Labute approximate surface area is 282 Å². The summed E-state index contributed by atoms with van der Waals surface area (Å²) in [5.41, 5.74) is 5.96. The Morgan fingerprint density at radius 1 is 0.979 bits per heavy atom. The molecule has 0 saturated carbocycles. The maximum atomic E-state index is 14.2. The molecule has 1 saturated heterocycles. The molecule has 0 radical (unpaired) electrons. The van der Waals surface area contributed by atoms with Crippen LogP contribution in [0, 0.1) is 11.8 Å². The molecule has 1 aliphatic rings. The number of ketones is 1.